The molecule has 1 aliphatic rings. The highest BCUT2D eigenvalue weighted by molar-refractivity contribution is 6.31. The number of alkyl halides is 1. The van der Waals surface area contributed by atoms with Crippen molar-refractivity contribution in [1.82, 2.24) is 10.6 Å². The van der Waals surface area contributed by atoms with Crippen LogP contribution in [0.2, 0.25) is 0 Å². The van der Waals surface area contributed by atoms with E-state index in [1.54, 1.807) is 0 Å². The topological polar surface area (TPSA) is 58.2 Å². The summed E-state index contributed by atoms with van der Waals surface area (Å²) in [5, 5.41) is 4.25. The van der Waals surface area contributed by atoms with Crippen LogP contribution in [0, 0.1) is 5.92 Å². The summed E-state index contributed by atoms with van der Waals surface area (Å²) in [4.78, 5) is 22.4. The lowest BCUT2D eigenvalue weighted by molar-refractivity contribution is -0.119. The van der Waals surface area contributed by atoms with Crippen LogP contribution in [0.1, 0.15) is 33.1 Å². The average molecular weight is 233 g/mol. The summed E-state index contributed by atoms with van der Waals surface area (Å²) < 4.78 is 0. The Hall–Kier alpha value is -0.770. The van der Waals surface area contributed by atoms with E-state index in [0.717, 1.165) is 12.8 Å². The molecule has 2 N–H and O–H groups in total. The average Bonchev–Trinajstić information content (AvgIpc) is 1.99. The van der Waals surface area contributed by atoms with Crippen LogP contribution >= 0.6 is 11.6 Å². The molecule has 0 aromatic carbocycles. The highest BCUT2D eigenvalue weighted by atomic mass is 35.5. The molecule has 15 heavy (non-hydrogen) atoms. The number of amides is 3. The van der Waals surface area contributed by atoms with E-state index >= 15 is 0 Å². The molecule has 0 radical (unpaired) electrons. The third kappa shape index (κ3) is 3.70. The van der Waals surface area contributed by atoms with Gasteiger partial charge >= 0.3 is 6.03 Å². The van der Waals surface area contributed by atoms with Crippen molar-refractivity contribution in [2.24, 2.45) is 5.92 Å². The second-order valence-electron chi connectivity index (χ2n) is 4.06. The van der Waals surface area contributed by atoms with E-state index in [-0.39, 0.29) is 6.04 Å². The molecule has 1 fully saturated rings. The number of imide groups is 1. The van der Waals surface area contributed by atoms with Gasteiger partial charge in [0.1, 0.15) is 5.38 Å². The SMILES string of the molecule is CC(Cl)C(=O)NC(=O)NC(C)C1CCC1. The summed E-state index contributed by atoms with van der Waals surface area (Å²) in [5.74, 6) is 0.0919. The molecule has 86 valence electrons. The molecule has 0 spiro atoms. The van der Waals surface area contributed by atoms with Gasteiger partial charge in [-0.05, 0) is 32.6 Å². The van der Waals surface area contributed by atoms with E-state index in [2.05, 4.69) is 10.6 Å². The Morgan fingerprint density at radius 1 is 1.33 bits per heavy atom. The Balaban J connectivity index is 2.25. The Labute approximate surface area is 94.7 Å². The van der Waals surface area contributed by atoms with Crippen molar-refractivity contribution in [2.75, 3.05) is 0 Å². The van der Waals surface area contributed by atoms with Crippen molar-refractivity contribution in [3.8, 4) is 0 Å². The van der Waals surface area contributed by atoms with Gasteiger partial charge in [0, 0.05) is 6.04 Å². The van der Waals surface area contributed by atoms with Gasteiger partial charge in [-0.1, -0.05) is 6.42 Å². The van der Waals surface area contributed by atoms with Crippen molar-refractivity contribution in [1.29, 1.82) is 0 Å². The standard InChI is InChI=1S/C10H17ClN2O2/c1-6(11)9(14)13-10(15)12-7(2)8-4-3-5-8/h6-8H,3-5H2,1-2H3,(H2,12,13,14,15). The monoisotopic (exact) mass is 232 g/mol. The second kappa shape index (κ2) is 5.35. The van der Waals surface area contributed by atoms with E-state index in [1.165, 1.54) is 13.3 Å². The maximum absolute atomic E-state index is 11.3. The lowest BCUT2D eigenvalue weighted by Crippen LogP contribution is -2.48. The lowest BCUT2D eigenvalue weighted by Gasteiger charge is -2.31. The summed E-state index contributed by atoms with van der Waals surface area (Å²) in [6, 6.07) is -0.330. The van der Waals surface area contributed by atoms with Gasteiger partial charge in [0.2, 0.25) is 5.91 Å². The molecule has 5 heteroatoms. The molecule has 2 unspecified atom stereocenters. The summed E-state index contributed by atoms with van der Waals surface area (Å²) in [6.07, 6.45) is 3.54. The quantitative estimate of drug-likeness (QED) is 0.727. The zero-order valence-electron chi connectivity index (χ0n) is 9.05. The number of rotatable bonds is 3. The maximum Gasteiger partial charge on any atom is 0.321 e. The van der Waals surface area contributed by atoms with Crippen molar-refractivity contribution in [3.63, 3.8) is 0 Å². The molecule has 0 bridgehead atoms. The minimum Gasteiger partial charge on any atom is -0.335 e. The van der Waals surface area contributed by atoms with Crippen LogP contribution in [0.3, 0.4) is 0 Å². The van der Waals surface area contributed by atoms with E-state index in [9.17, 15) is 9.59 Å². The van der Waals surface area contributed by atoms with Crippen LogP contribution in [-0.4, -0.2) is 23.4 Å². The summed E-state index contributed by atoms with van der Waals surface area (Å²) in [7, 11) is 0. The lowest BCUT2D eigenvalue weighted by atomic mass is 9.80. The minimum atomic E-state index is -0.685. The van der Waals surface area contributed by atoms with Crippen LogP contribution in [0.4, 0.5) is 4.79 Å². The van der Waals surface area contributed by atoms with E-state index in [0.29, 0.717) is 5.92 Å². The fourth-order valence-corrected chi connectivity index (χ4v) is 1.57. The van der Waals surface area contributed by atoms with Crippen LogP contribution in [0.25, 0.3) is 0 Å². The molecule has 0 aliphatic heterocycles. The molecule has 0 saturated heterocycles. The third-order valence-corrected chi connectivity index (χ3v) is 3.01. The first kappa shape index (κ1) is 12.3. The Morgan fingerprint density at radius 2 is 1.93 bits per heavy atom. The van der Waals surface area contributed by atoms with E-state index < -0.39 is 17.3 Å². The molecule has 3 amide bonds. The predicted molar refractivity (Wildman–Crippen MR) is 58.8 cm³/mol. The zero-order chi connectivity index (χ0) is 11.4. The van der Waals surface area contributed by atoms with Crippen molar-refractivity contribution >= 4 is 23.5 Å². The second-order valence-corrected chi connectivity index (χ2v) is 4.71. The number of nitrogens with one attached hydrogen (secondary N) is 2. The number of carbonyl (C=O) groups is 2. The van der Waals surface area contributed by atoms with Gasteiger partial charge in [0.25, 0.3) is 0 Å². The molecular formula is C10H17ClN2O2. The van der Waals surface area contributed by atoms with Gasteiger partial charge < -0.3 is 5.32 Å². The van der Waals surface area contributed by atoms with Gasteiger partial charge in [-0.2, -0.15) is 0 Å². The van der Waals surface area contributed by atoms with Crippen molar-refractivity contribution < 1.29 is 9.59 Å². The minimum absolute atomic E-state index is 0.122. The number of hydrogen-bond donors (Lipinski definition) is 2. The van der Waals surface area contributed by atoms with E-state index in [1.807, 2.05) is 6.92 Å². The number of halogens is 1. The first-order valence-corrected chi connectivity index (χ1v) is 5.69. The van der Waals surface area contributed by atoms with Gasteiger partial charge in [-0.3, -0.25) is 10.1 Å². The Kier molecular flexibility index (Phi) is 4.39. The molecule has 1 rings (SSSR count). The number of urea groups is 1. The normalized spacial score (nSPS) is 19.9. The first-order chi connectivity index (χ1) is 7.00. The van der Waals surface area contributed by atoms with Gasteiger partial charge in [-0.25, -0.2) is 4.79 Å². The van der Waals surface area contributed by atoms with E-state index in [4.69, 9.17) is 11.6 Å². The predicted octanol–water partition coefficient (Wildman–Crippen LogP) is 1.63. The van der Waals surface area contributed by atoms with Gasteiger partial charge in [0.05, 0.1) is 0 Å². The van der Waals surface area contributed by atoms with Crippen molar-refractivity contribution in [3.05, 3.63) is 0 Å². The Morgan fingerprint density at radius 3 is 2.33 bits per heavy atom. The highest BCUT2D eigenvalue weighted by Gasteiger charge is 2.25. The molecule has 4 nitrogen and oxygen atoms in total. The fourth-order valence-electron chi connectivity index (χ4n) is 1.51. The molecule has 0 aromatic rings. The molecule has 0 heterocycles. The smallest absolute Gasteiger partial charge is 0.321 e. The number of carbonyl (C=O) groups excluding carboxylic acids is 2. The molecule has 1 aliphatic carbocycles. The molecule has 2 atom stereocenters. The molecule has 0 aromatic heterocycles. The number of hydrogen-bond acceptors (Lipinski definition) is 2. The highest BCUT2D eigenvalue weighted by Crippen LogP contribution is 2.29. The summed E-state index contributed by atoms with van der Waals surface area (Å²) >= 11 is 5.52. The fraction of sp³-hybridized carbons (Fsp3) is 0.800. The van der Waals surface area contributed by atoms with Crippen LogP contribution in [-0.2, 0) is 4.79 Å². The van der Waals surface area contributed by atoms with Gasteiger partial charge in [0.15, 0.2) is 0 Å². The zero-order valence-corrected chi connectivity index (χ0v) is 9.80. The summed E-state index contributed by atoms with van der Waals surface area (Å²) in [6.45, 7) is 3.48. The first-order valence-electron chi connectivity index (χ1n) is 5.26. The van der Waals surface area contributed by atoms with Gasteiger partial charge in [-0.15, -0.1) is 11.6 Å². The third-order valence-electron chi connectivity index (χ3n) is 2.81. The molecular weight excluding hydrogens is 216 g/mol. The van der Waals surface area contributed by atoms with Crippen LogP contribution < -0.4 is 10.6 Å². The largest absolute Gasteiger partial charge is 0.335 e. The van der Waals surface area contributed by atoms with Crippen molar-refractivity contribution in [2.45, 2.75) is 44.5 Å². The van der Waals surface area contributed by atoms with Crippen LogP contribution in [0.15, 0.2) is 0 Å². The van der Waals surface area contributed by atoms with Crippen LogP contribution in [0.5, 0.6) is 0 Å². The Bertz CT molecular complexity index is 252. The maximum atomic E-state index is 11.3. The summed E-state index contributed by atoms with van der Waals surface area (Å²) in [5.41, 5.74) is 0. The molecule has 1 saturated carbocycles.